The zero-order valence-electron chi connectivity index (χ0n) is 14.3. The van der Waals surface area contributed by atoms with Crippen LogP contribution in [0.2, 0.25) is 0 Å². The van der Waals surface area contributed by atoms with Gasteiger partial charge in [0.15, 0.2) is 29.4 Å². The van der Waals surface area contributed by atoms with Gasteiger partial charge in [-0.15, -0.1) is 6.58 Å². The lowest BCUT2D eigenvalue weighted by Gasteiger charge is -2.25. The zero-order chi connectivity index (χ0) is 20.6. The average Bonchev–Trinajstić information content (AvgIpc) is 2.67. The van der Waals surface area contributed by atoms with Crippen molar-refractivity contribution in [1.29, 1.82) is 0 Å². The quantitative estimate of drug-likeness (QED) is 0.0840. The van der Waals surface area contributed by atoms with Gasteiger partial charge in [-0.2, -0.15) is 0 Å². The van der Waals surface area contributed by atoms with E-state index in [1.165, 1.54) is 7.11 Å². The van der Waals surface area contributed by atoms with Gasteiger partial charge in [-0.25, -0.2) is 26.7 Å². The molecule has 1 aromatic carbocycles. The van der Waals surface area contributed by atoms with Crippen molar-refractivity contribution in [2.75, 3.05) is 27.1 Å². The predicted octanol–water partition coefficient (Wildman–Crippen LogP) is 3.34. The van der Waals surface area contributed by atoms with Gasteiger partial charge in [0, 0.05) is 13.2 Å². The molecule has 10 heteroatoms. The van der Waals surface area contributed by atoms with Gasteiger partial charge in [0.05, 0.1) is 18.8 Å². The third-order valence-corrected chi connectivity index (χ3v) is 3.24. The highest BCUT2D eigenvalue weighted by Gasteiger charge is 2.36. The summed E-state index contributed by atoms with van der Waals surface area (Å²) in [6, 6.07) is 0. The molecule has 2 atom stereocenters. The number of hydrogen-bond acceptors (Lipinski definition) is 5. The van der Waals surface area contributed by atoms with Crippen molar-refractivity contribution in [1.82, 2.24) is 0 Å². The Balaban J connectivity index is 3.26. The molecule has 0 bridgehead atoms. The van der Waals surface area contributed by atoms with Gasteiger partial charge in [-0.3, -0.25) is 0 Å². The Hall–Kier alpha value is -2.30. The van der Waals surface area contributed by atoms with Gasteiger partial charge in [0.1, 0.15) is 12.9 Å². The molecule has 0 saturated heterocycles. The largest absolute Gasteiger partial charge is 0.451 e. The van der Waals surface area contributed by atoms with Crippen LogP contribution in [0.3, 0.4) is 0 Å². The molecule has 1 aromatic rings. The standard InChI is InChI=1S/C17H17F5O5/c1-4-9(26-8-25-7-6-24-3)17(27-10(23)5-2)11-12(18)14(20)16(22)15(21)13(11)19/h4-5,9,17H,1-2,6-8H2,3H3/t9-,17+/m0/s1. The SMILES string of the molecule is C=CC(=O)O[C@@H](c1c(F)c(F)c(F)c(F)c1F)[C@H](C=C)OCOCCOC. The number of rotatable bonds is 11. The van der Waals surface area contributed by atoms with E-state index in [4.69, 9.17) is 18.9 Å². The fourth-order valence-electron chi connectivity index (χ4n) is 1.94. The van der Waals surface area contributed by atoms with Crippen LogP contribution in [0.25, 0.3) is 0 Å². The first-order valence-corrected chi connectivity index (χ1v) is 7.45. The molecule has 27 heavy (non-hydrogen) atoms. The molecule has 0 radical (unpaired) electrons. The summed E-state index contributed by atoms with van der Waals surface area (Å²) in [5.74, 6) is -12.2. The molecule has 0 spiro atoms. The Kier molecular flexibility index (Phi) is 9.06. The Bertz CT molecular complexity index is 666. The molecule has 5 nitrogen and oxygen atoms in total. The van der Waals surface area contributed by atoms with E-state index in [0.717, 1.165) is 6.08 Å². The monoisotopic (exact) mass is 396 g/mol. The Morgan fingerprint density at radius 2 is 1.56 bits per heavy atom. The normalized spacial score (nSPS) is 13.1. The van der Waals surface area contributed by atoms with Crippen LogP contribution in [-0.2, 0) is 23.7 Å². The van der Waals surface area contributed by atoms with E-state index in [-0.39, 0.29) is 13.2 Å². The lowest BCUT2D eigenvalue weighted by Crippen LogP contribution is -2.28. The third-order valence-electron chi connectivity index (χ3n) is 3.24. The molecule has 0 aliphatic rings. The number of halogens is 5. The van der Waals surface area contributed by atoms with Crippen molar-refractivity contribution in [3.05, 3.63) is 60.0 Å². The molecule has 0 unspecified atom stereocenters. The number of carbonyl (C=O) groups excluding carboxylic acids is 1. The summed E-state index contributed by atoms with van der Waals surface area (Å²) in [7, 11) is 1.42. The van der Waals surface area contributed by atoms with Crippen molar-refractivity contribution >= 4 is 5.97 Å². The average molecular weight is 396 g/mol. The molecule has 0 aliphatic carbocycles. The maximum absolute atomic E-state index is 14.1. The zero-order valence-corrected chi connectivity index (χ0v) is 14.3. The molecule has 0 aliphatic heterocycles. The molecule has 0 N–H and O–H groups in total. The second-order valence-corrected chi connectivity index (χ2v) is 4.93. The molecule has 1 rings (SSSR count). The highest BCUT2D eigenvalue weighted by atomic mass is 19.2. The van der Waals surface area contributed by atoms with Gasteiger partial charge in [-0.1, -0.05) is 12.7 Å². The summed E-state index contributed by atoms with van der Waals surface area (Å²) in [5, 5.41) is 0. The number of hydrogen-bond donors (Lipinski definition) is 0. The van der Waals surface area contributed by atoms with E-state index in [9.17, 15) is 26.7 Å². The minimum Gasteiger partial charge on any atom is -0.451 e. The van der Waals surface area contributed by atoms with Gasteiger partial charge in [0.2, 0.25) is 5.82 Å². The second kappa shape index (κ2) is 10.8. The fraction of sp³-hybridized carbons (Fsp3) is 0.353. The van der Waals surface area contributed by atoms with Gasteiger partial charge < -0.3 is 18.9 Å². The van der Waals surface area contributed by atoms with E-state index in [1.807, 2.05) is 0 Å². The summed E-state index contributed by atoms with van der Waals surface area (Å²) >= 11 is 0. The minimum atomic E-state index is -2.35. The number of esters is 1. The van der Waals surface area contributed by atoms with E-state index in [2.05, 4.69) is 13.2 Å². The van der Waals surface area contributed by atoms with Crippen LogP contribution in [0.5, 0.6) is 0 Å². The fourth-order valence-corrected chi connectivity index (χ4v) is 1.94. The van der Waals surface area contributed by atoms with E-state index < -0.39 is 59.6 Å². The summed E-state index contributed by atoms with van der Waals surface area (Å²) < 4.78 is 88.1. The maximum Gasteiger partial charge on any atom is 0.330 e. The van der Waals surface area contributed by atoms with Crippen LogP contribution >= 0.6 is 0 Å². The van der Waals surface area contributed by atoms with Crippen LogP contribution < -0.4 is 0 Å². The second-order valence-electron chi connectivity index (χ2n) is 4.93. The number of carbonyl (C=O) groups is 1. The lowest BCUT2D eigenvalue weighted by molar-refractivity contribution is -0.159. The Morgan fingerprint density at radius 1 is 1.00 bits per heavy atom. The van der Waals surface area contributed by atoms with Crippen molar-refractivity contribution in [2.24, 2.45) is 0 Å². The van der Waals surface area contributed by atoms with Crippen LogP contribution in [0.4, 0.5) is 22.0 Å². The van der Waals surface area contributed by atoms with Crippen molar-refractivity contribution in [3.8, 4) is 0 Å². The van der Waals surface area contributed by atoms with E-state index in [1.54, 1.807) is 0 Å². The highest BCUT2D eigenvalue weighted by Crippen LogP contribution is 2.33. The first-order valence-electron chi connectivity index (χ1n) is 7.45. The van der Waals surface area contributed by atoms with Gasteiger partial charge >= 0.3 is 5.97 Å². The first-order chi connectivity index (χ1) is 12.8. The molecular weight excluding hydrogens is 379 g/mol. The highest BCUT2D eigenvalue weighted by molar-refractivity contribution is 5.81. The first kappa shape index (κ1) is 22.7. The van der Waals surface area contributed by atoms with Crippen LogP contribution in [0.15, 0.2) is 25.3 Å². The number of benzene rings is 1. The predicted molar refractivity (Wildman–Crippen MR) is 83.0 cm³/mol. The van der Waals surface area contributed by atoms with Crippen molar-refractivity contribution in [3.63, 3.8) is 0 Å². The van der Waals surface area contributed by atoms with Crippen LogP contribution in [0, 0.1) is 29.1 Å². The summed E-state index contributed by atoms with van der Waals surface area (Å²) in [5.41, 5.74) is -1.39. The van der Waals surface area contributed by atoms with Gasteiger partial charge in [-0.05, 0) is 0 Å². The molecule has 0 aromatic heterocycles. The number of methoxy groups -OCH3 is 1. The Morgan fingerprint density at radius 3 is 2.04 bits per heavy atom. The molecule has 0 saturated carbocycles. The summed E-state index contributed by atoms with van der Waals surface area (Å²) in [4.78, 5) is 11.5. The Labute approximate surface area is 152 Å². The summed E-state index contributed by atoms with van der Waals surface area (Å²) in [6.07, 6.45) is -1.93. The number of ether oxygens (including phenoxy) is 4. The minimum absolute atomic E-state index is 0.0972. The van der Waals surface area contributed by atoms with Crippen molar-refractivity contribution < 1.29 is 45.7 Å². The molecule has 0 heterocycles. The molecular formula is C17H17F5O5. The lowest BCUT2D eigenvalue weighted by atomic mass is 10.0. The molecule has 150 valence electrons. The topological polar surface area (TPSA) is 54.0 Å². The maximum atomic E-state index is 14.1. The molecule has 0 amide bonds. The third kappa shape index (κ3) is 5.59. The van der Waals surface area contributed by atoms with Crippen LogP contribution in [0.1, 0.15) is 11.7 Å². The summed E-state index contributed by atoms with van der Waals surface area (Å²) in [6.45, 7) is 6.31. The van der Waals surface area contributed by atoms with Crippen LogP contribution in [-0.4, -0.2) is 39.2 Å². The van der Waals surface area contributed by atoms with Crippen molar-refractivity contribution in [2.45, 2.75) is 12.2 Å². The van der Waals surface area contributed by atoms with E-state index in [0.29, 0.717) is 6.08 Å². The van der Waals surface area contributed by atoms with Gasteiger partial charge in [0.25, 0.3) is 0 Å². The smallest absolute Gasteiger partial charge is 0.330 e. The molecule has 0 fully saturated rings. The van der Waals surface area contributed by atoms with E-state index >= 15 is 0 Å².